The summed E-state index contributed by atoms with van der Waals surface area (Å²) >= 11 is 0. The Morgan fingerprint density at radius 1 is 1.29 bits per heavy atom. The summed E-state index contributed by atoms with van der Waals surface area (Å²) in [6.45, 7) is 4.42. The zero-order valence-electron chi connectivity index (χ0n) is 9.16. The van der Waals surface area contributed by atoms with Gasteiger partial charge in [-0.3, -0.25) is 4.98 Å². The second-order valence-electron chi connectivity index (χ2n) is 3.48. The first-order valence-electron chi connectivity index (χ1n) is 5.49. The van der Waals surface area contributed by atoms with Crippen LogP contribution in [-0.4, -0.2) is 4.98 Å². The fourth-order valence-corrected chi connectivity index (χ4v) is 1.48. The molecule has 0 aliphatic carbocycles. The van der Waals surface area contributed by atoms with Crippen LogP contribution in [0, 0.1) is 0 Å². The summed E-state index contributed by atoms with van der Waals surface area (Å²) in [4.78, 5) is 4.38. The Hall–Kier alpha value is -1.11. The average molecular weight is 189 g/mol. The van der Waals surface area contributed by atoms with Gasteiger partial charge in [0.15, 0.2) is 0 Å². The highest BCUT2D eigenvalue weighted by molar-refractivity contribution is 5.62. The van der Waals surface area contributed by atoms with Crippen molar-refractivity contribution in [1.29, 1.82) is 0 Å². The van der Waals surface area contributed by atoms with Gasteiger partial charge in [-0.05, 0) is 30.5 Å². The van der Waals surface area contributed by atoms with Gasteiger partial charge in [-0.1, -0.05) is 38.8 Å². The Morgan fingerprint density at radius 3 is 2.71 bits per heavy atom. The molecule has 0 saturated carbocycles. The van der Waals surface area contributed by atoms with E-state index in [-0.39, 0.29) is 0 Å². The molecule has 0 spiro atoms. The molecule has 0 bridgehead atoms. The molecule has 0 saturated heterocycles. The molecule has 0 atom stereocenters. The zero-order valence-corrected chi connectivity index (χ0v) is 9.16. The van der Waals surface area contributed by atoms with Gasteiger partial charge in [0, 0.05) is 6.20 Å². The quantitative estimate of drug-likeness (QED) is 0.680. The van der Waals surface area contributed by atoms with E-state index in [0.29, 0.717) is 0 Å². The molecular weight excluding hydrogens is 170 g/mol. The smallest absolute Gasteiger partial charge is 0.0658 e. The maximum Gasteiger partial charge on any atom is 0.0658 e. The van der Waals surface area contributed by atoms with Crippen molar-refractivity contribution in [3.8, 4) is 0 Å². The first-order valence-corrected chi connectivity index (χ1v) is 5.49. The summed E-state index contributed by atoms with van der Waals surface area (Å²) in [5.74, 6) is 0. The second kappa shape index (κ2) is 6.36. The molecule has 0 aliphatic rings. The van der Waals surface area contributed by atoms with Gasteiger partial charge in [0.25, 0.3) is 0 Å². The molecule has 0 radical (unpaired) electrons. The topological polar surface area (TPSA) is 12.9 Å². The third-order valence-corrected chi connectivity index (χ3v) is 2.19. The second-order valence-corrected chi connectivity index (χ2v) is 3.48. The first-order chi connectivity index (χ1) is 6.88. The van der Waals surface area contributed by atoms with E-state index in [2.05, 4.69) is 37.0 Å². The predicted molar refractivity (Wildman–Crippen MR) is 62.0 cm³/mol. The molecule has 1 rings (SSSR count). The van der Waals surface area contributed by atoms with Crippen molar-refractivity contribution < 1.29 is 0 Å². The lowest BCUT2D eigenvalue weighted by Gasteiger charge is -2.04. The van der Waals surface area contributed by atoms with Crippen LogP contribution < -0.4 is 0 Å². The lowest BCUT2D eigenvalue weighted by molar-refractivity contribution is 0.928. The lowest BCUT2D eigenvalue weighted by atomic mass is 10.0. The summed E-state index contributed by atoms with van der Waals surface area (Å²) in [7, 11) is 0. The van der Waals surface area contributed by atoms with Crippen LogP contribution in [0.25, 0.3) is 5.57 Å². The predicted octanol–water partition coefficient (Wildman–Crippen LogP) is 4.07. The standard InChI is InChI=1S/C13H19N/c1-3-5-9-12(8-4-2)13-10-6-7-11-14-13/h6-7,9-11H,3-5,8H2,1-2H3/b12-9+. The third kappa shape index (κ3) is 3.33. The van der Waals surface area contributed by atoms with Gasteiger partial charge in [-0.15, -0.1) is 0 Å². The number of unbranched alkanes of at least 4 members (excludes halogenated alkanes) is 1. The zero-order chi connectivity index (χ0) is 10.2. The van der Waals surface area contributed by atoms with Gasteiger partial charge >= 0.3 is 0 Å². The molecule has 0 aliphatic heterocycles. The minimum Gasteiger partial charge on any atom is -0.257 e. The van der Waals surface area contributed by atoms with Gasteiger partial charge in [-0.25, -0.2) is 0 Å². The van der Waals surface area contributed by atoms with E-state index in [0.717, 1.165) is 18.5 Å². The molecule has 0 fully saturated rings. The van der Waals surface area contributed by atoms with Gasteiger partial charge < -0.3 is 0 Å². The maximum absolute atomic E-state index is 4.38. The number of aromatic nitrogens is 1. The molecule has 0 amide bonds. The van der Waals surface area contributed by atoms with Crippen LogP contribution in [0.15, 0.2) is 30.5 Å². The molecular formula is C13H19N. The third-order valence-electron chi connectivity index (χ3n) is 2.19. The Morgan fingerprint density at radius 2 is 2.14 bits per heavy atom. The van der Waals surface area contributed by atoms with E-state index >= 15 is 0 Å². The number of hydrogen-bond donors (Lipinski definition) is 0. The first kappa shape index (κ1) is 11.0. The van der Waals surface area contributed by atoms with Crippen LogP contribution in [0.2, 0.25) is 0 Å². The molecule has 1 heteroatoms. The Bertz CT molecular complexity index is 275. The Balaban J connectivity index is 2.77. The largest absolute Gasteiger partial charge is 0.257 e. The van der Waals surface area contributed by atoms with Crippen molar-refractivity contribution in [2.45, 2.75) is 39.5 Å². The summed E-state index contributed by atoms with van der Waals surface area (Å²) < 4.78 is 0. The van der Waals surface area contributed by atoms with Crippen molar-refractivity contribution in [2.24, 2.45) is 0 Å². The lowest BCUT2D eigenvalue weighted by Crippen LogP contribution is -1.88. The summed E-state index contributed by atoms with van der Waals surface area (Å²) in [5, 5.41) is 0. The van der Waals surface area contributed by atoms with Crippen molar-refractivity contribution in [3.63, 3.8) is 0 Å². The summed E-state index contributed by atoms with van der Waals surface area (Å²) in [5.41, 5.74) is 2.54. The van der Waals surface area contributed by atoms with Gasteiger partial charge in [0.2, 0.25) is 0 Å². The van der Waals surface area contributed by atoms with Gasteiger partial charge in [0.05, 0.1) is 5.69 Å². The number of rotatable bonds is 5. The van der Waals surface area contributed by atoms with Crippen LogP contribution in [0.5, 0.6) is 0 Å². The van der Waals surface area contributed by atoms with Crippen molar-refractivity contribution in [2.75, 3.05) is 0 Å². The fourth-order valence-electron chi connectivity index (χ4n) is 1.48. The number of pyridine rings is 1. The van der Waals surface area contributed by atoms with Crippen molar-refractivity contribution in [1.82, 2.24) is 4.98 Å². The highest BCUT2D eigenvalue weighted by Gasteiger charge is 1.99. The van der Waals surface area contributed by atoms with E-state index in [1.54, 1.807) is 0 Å². The van der Waals surface area contributed by atoms with Crippen LogP contribution in [0.3, 0.4) is 0 Å². The average Bonchev–Trinajstić information content (AvgIpc) is 2.25. The maximum atomic E-state index is 4.38. The van der Waals surface area contributed by atoms with E-state index in [1.807, 2.05) is 12.3 Å². The fraction of sp³-hybridized carbons (Fsp3) is 0.462. The van der Waals surface area contributed by atoms with Crippen LogP contribution in [0.1, 0.15) is 45.2 Å². The Labute approximate surface area is 86.9 Å². The van der Waals surface area contributed by atoms with E-state index in [4.69, 9.17) is 0 Å². The summed E-state index contributed by atoms with van der Waals surface area (Å²) in [6, 6.07) is 6.11. The molecule has 1 heterocycles. The van der Waals surface area contributed by atoms with Gasteiger partial charge in [-0.2, -0.15) is 0 Å². The normalized spacial score (nSPS) is 11.7. The molecule has 14 heavy (non-hydrogen) atoms. The monoisotopic (exact) mass is 189 g/mol. The van der Waals surface area contributed by atoms with E-state index < -0.39 is 0 Å². The SMILES string of the molecule is CCC/C=C(\CCC)c1ccccn1. The van der Waals surface area contributed by atoms with Crippen LogP contribution in [-0.2, 0) is 0 Å². The van der Waals surface area contributed by atoms with E-state index in [1.165, 1.54) is 18.4 Å². The molecule has 0 N–H and O–H groups in total. The highest BCUT2D eigenvalue weighted by atomic mass is 14.7. The molecule has 76 valence electrons. The van der Waals surface area contributed by atoms with Crippen LogP contribution in [0.4, 0.5) is 0 Å². The molecule has 1 aromatic rings. The van der Waals surface area contributed by atoms with Crippen LogP contribution >= 0.6 is 0 Å². The minimum absolute atomic E-state index is 1.14. The van der Waals surface area contributed by atoms with Crippen molar-refractivity contribution in [3.05, 3.63) is 36.2 Å². The molecule has 0 aromatic carbocycles. The number of hydrogen-bond acceptors (Lipinski definition) is 1. The van der Waals surface area contributed by atoms with E-state index in [9.17, 15) is 0 Å². The van der Waals surface area contributed by atoms with Gasteiger partial charge in [0.1, 0.15) is 0 Å². The highest BCUT2D eigenvalue weighted by Crippen LogP contribution is 2.18. The minimum atomic E-state index is 1.14. The number of allylic oxidation sites excluding steroid dienone is 2. The molecule has 1 nitrogen and oxygen atoms in total. The Kier molecular flexibility index (Phi) is 4.98. The number of nitrogens with zero attached hydrogens (tertiary/aromatic N) is 1. The molecule has 0 unspecified atom stereocenters. The summed E-state index contributed by atoms with van der Waals surface area (Å²) in [6.07, 6.45) is 8.88. The molecule has 1 aromatic heterocycles. The van der Waals surface area contributed by atoms with Crippen molar-refractivity contribution >= 4 is 5.57 Å².